The van der Waals surface area contributed by atoms with Gasteiger partial charge in [0.15, 0.2) is 5.82 Å². The SMILES string of the molecule is CC(C)CSCc1noc(C(O)CN)n1. The summed E-state index contributed by atoms with van der Waals surface area (Å²) in [6.07, 6.45) is -0.846. The molecular weight excluding hydrogens is 214 g/mol. The minimum Gasteiger partial charge on any atom is -0.382 e. The summed E-state index contributed by atoms with van der Waals surface area (Å²) in [5, 5.41) is 13.1. The Kier molecular flexibility index (Phi) is 5.07. The molecule has 0 radical (unpaired) electrons. The number of nitrogens with zero attached hydrogens (tertiary/aromatic N) is 2. The fraction of sp³-hybridized carbons (Fsp3) is 0.778. The van der Waals surface area contributed by atoms with Crippen molar-refractivity contribution in [3.8, 4) is 0 Å². The first-order valence-electron chi connectivity index (χ1n) is 4.91. The maximum absolute atomic E-state index is 9.33. The summed E-state index contributed by atoms with van der Waals surface area (Å²) in [6, 6.07) is 0. The first kappa shape index (κ1) is 12.5. The van der Waals surface area contributed by atoms with E-state index in [1.807, 2.05) is 0 Å². The van der Waals surface area contributed by atoms with Crippen molar-refractivity contribution < 1.29 is 9.63 Å². The van der Waals surface area contributed by atoms with Gasteiger partial charge in [0.05, 0.1) is 5.75 Å². The van der Waals surface area contributed by atoms with Gasteiger partial charge in [0.25, 0.3) is 5.89 Å². The summed E-state index contributed by atoms with van der Waals surface area (Å²) in [4.78, 5) is 4.05. The molecule has 5 nitrogen and oxygen atoms in total. The van der Waals surface area contributed by atoms with Gasteiger partial charge < -0.3 is 15.4 Å². The van der Waals surface area contributed by atoms with Crippen LogP contribution < -0.4 is 5.73 Å². The van der Waals surface area contributed by atoms with Crippen LogP contribution in [-0.4, -0.2) is 27.5 Å². The Hall–Kier alpha value is -0.590. The number of aromatic nitrogens is 2. The predicted octanol–water partition coefficient (Wildman–Crippen LogP) is 0.951. The standard InChI is InChI=1S/C9H17N3O2S/c1-6(2)4-15-5-8-11-9(14-12-8)7(13)3-10/h6-7,13H,3-5,10H2,1-2H3. The highest BCUT2D eigenvalue weighted by Crippen LogP contribution is 2.15. The Bertz CT molecular complexity index is 291. The third kappa shape index (κ3) is 4.19. The maximum atomic E-state index is 9.33. The zero-order chi connectivity index (χ0) is 11.3. The van der Waals surface area contributed by atoms with Crippen LogP contribution in [0.5, 0.6) is 0 Å². The molecule has 1 aromatic rings. The highest BCUT2D eigenvalue weighted by atomic mass is 32.2. The summed E-state index contributed by atoms with van der Waals surface area (Å²) in [5.74, 6) is 3.24. The van der Waals surface area contributed by atoms with Gasteiger partial charge >= 0.3 is 0 Å². The summed E-state index contributed by atoms with van der Waals surface area (Å²) in [7, 11) is 0. The molecule has 0 saturated carbocycles. The van der Waals surface area contributed by atoms with Gasteiger partial charge in [-0.15, -0.1) is 0 Å². The van der Waals surface area contributed by atoms with Gasteiger partial charge in [0, 0.05) is 6.54 Å². The van der Waals surface area contributed by atoms with E-state index in [1.54, 1.807) is 11.8 Å². The highest BCUT2D eigenvalue weighted by molar-refractivity contribution is 7.98. The molecule has 0 bridgehead atoms. The van der Waals surface area contributed by atoms with Crippen molar-refractivity contribution in [2.45, 2.75) is 25.7 Å². The topological polar surface area (TPSA) is 85.2 Å². The van der Waals surface area contributed by atoms with Crippen molar-refractivity contribution in [3.05, 3.63) is 11.7 Å². The first-order valence-corrected chi connectivity index (χ1v) is 6.07. The smallest absolute Gasteiger partial charge is 0.256 e. The van der Waals surface area contributed by atoms with E-state index < -0.39 is 6.10 Å². The number of hydrogen-bond donors (Lipinski definition) is 2. The van der Waals surface area contributed by atoms with Crippen LogP contribution in [0, 0.1) is 5.92 Å². The van der Waals surface area contributed by atoms with E-state index in [4.69, 9.17) is 10.3 Å². The molecule has 0 amide bonds. The summed E-state index contributed by atoms with van der Waals surface area (Å²) < 4.78 is 4.87. The fourth-order valence-corrected chi connectivity index (χ4v) is 1.84. The van der Waals surface area contributed by atoms with E-state index in [2.05, 4.69) is 24.0 Å². The van der Waals surface area contributed by atoms with Gasteiger partial charge in [-0.1, -0.05) is 19.0 Å². The van der Waals surface area contributed by atoms with Crippen LogP contribution in [0.4, 0.5) is 0 Å². The van der Waals surface area contributed by atoms with Crippen LogP contribution in [0.25, 0.3) is 0 Å². The third-order valence-corrected chi connectivity index (χ3v) is 3.04. The Morgan fingerprint density at radius 2 is 2.27 bits per heavy atom. The molecule has 0 fully saturated rings. The van der Waals surface area contributed by atoms with E-state index in [0.29, 0.717) is 17.5 Å². The van der Waals surface area contributed by atoms with Crippen molar-refractivity contribution in [2.24, 2.45) is 11.7 Å². The van der Waals surface area contributed by atoms with Crippen molar-refractivity contribution >= 4 is 11.8 Å². The molecule has 0 saturated heterocycles. The minimum absolute atomic E-state index is 0.0980. The van der Waals surface area contributed by atoms with E-state index in [0.717, 1.165) is 5.75 Å². The third-order valence-electron chi connectivity index (χ3n) is 1.67. The largest absolute Gasteiger partial charge is 0.382 e. The molecule has 1 atom stereocenters. The molecule has 0 aromatic carbocycles. The van der Waals surface area contributed by atoms with Gasteiger partial charge in [-0.25, -0.2) is 0 Å². The summed E-state index contributed by atoms with van der Waals surface area (Å²) in [6.45, 7) is 4.42. The molecule has 0 aliphatic heterocycles. The van der Waals surface area contributed by atoms with Crippen LogP contribution in [0.3, 0.4) is 0 Å². The van der Waals surface area contributed by atoms with Crippen LogP contribution in [-0.2, 0) is 5.75 Å². The molecular formula is C9H17N3O2S. The zero-order valence-corrected chi connectivity index (χ0v) is 9.83. The van der Waals surface area contributed by atoms with Gasteiger partial charge in [-0.2, -0.15) is 16.7 Å². The number of nitrogens with two attached hydrogens (primary N) is 1. The van der Waals surface area contributed by atoms with Gasteiger partial charge in [0.1, 0.15) is 6.10 Å². The molecule has 3 N–H and O–H groups in total. The fourth-order valence-electron chi connectivity index (χ4n) is 0.948. The van der Waals surface area contributed by atoms with Crippen molar-refractivity contribution in [1.29, 1.82) is 0 Å². The average molecular weight is 231 g/mol. The van der Waals surface area contributed by atoms with Crippen molar-refractivity contribution in [3.63, 3.8) is 0 Å². The Balaban J connectivity index is 2.39. The molecule has 86 valence electrons. The second-order valence-corrected chi connectivity index (χ2v) is 4.74. The van der Waals surface area contributed by atoms with Gasteiger partial charge in [0.2, 0.25) is 0 Å². The molecule has 1 rings (SSSR count). The normalized spacial score (nSPS) is 13.4. The summed E-state index contributed by atoms with van der Waals surface area (Å²) in [5.41, 5.74) is 5.27. The summed E-state index contributed by atoms with van der Waals surface area (Å²) >= 11 is 1.75. The van der Waals surface area contributed by atoms with Gasteiger partial charge in [-0.3, -0.25) is 0 Å². The minimum atomic E-state index is -0.846. The Labute approximate surface area is 93.4 Å². The highest BCUT2D eigenvalue weighted by Gasteiger charge is 2.14. The predicted molar refractivity (Wildman–Crippen MR) is 59.3 cm³/mol. The molecule has 0 aliphatic rings. The molecule has 1 unspecified atom stereocenters. The van der Waals surface area contributed by atoms with E-state index in [9.17, 15) is 5.11 Å². The van der Waals surface area contributed by atoms with E-state index >= 15 is 0 Å². The van der Waals surface area contributed by atoms with Crippen LogP contribution in [0.1, 0.15) is 31.7 Å². The van der Waals surface area contributed by atoms with E-state index in [1.165, 1.54) is 0 Å². The monoisotopic (exact) mass is 231 g/mol. The second-order valence-electron chi connectivity index (χ2n) is 3.71. The Morgan fingerprint density at radius 3 is 2.87 bits per heavy atom. The lowest BCUT2D eigenvalue weighted by atomic mass is 10.3. The number of aliphatic hydroxyl groups excluding tert-OH is 1. The number of hydrogen-bond acceptors (Lipinski definition) is 6. The molecule has 0 aliphatic carbocycles. The van der Waals surface area contributed by atoms with Gasteiger partial charge in [-0.05, 0) is 11.7 Å². The molecule has 0 spiro atoms. The second kappa shape index (κ2) is 6.09. The Morgan fingerprint density at radius 1 is 1.53 bits per heavy atom. The average Bonchev–Trinajstić information content (AvgIpc) is 2.65. The van der Waals surface area contributed by atoms with Crippen LogP contribution >= 0.6 is 11.8 Å². The number of thioether (sulfide) groups is 1. The van der Waals surface area contributed by atoms with E-state index in [-0.39, 0.29) is 12.4 Å². The number of rotatable bonds is 6. The van der Waals surface area contributed by atoms with Crippen LogP contribution in [0.2, 0.25) is 0 Å². The maximum Gasteiger partial charge on any atom is 0.256 e. The lowest BCUT2D eigenvalue weighted by molar-refractivity contribution is 0.141. The quantitative estimate of drug-likeness (QED) is 0.758. The lowest BCUT2D eigenvalue weighted by Gasteiger charge is -2.00. The molecule has 1 aromatic heterocycles. The molecule has 15 heavy (non-hydrogen) atoms. The van der Waals surface area contributed by atoms with Crippen LogP contribution in [0.15, 0.2) is 4.52 Å². The first-order chi connectivity index (χ1) is 7.13. The zero-order valence-electron chi connectivity index (χ0n) is 9.01. The lowest BCUT2D eigenvalue weighted by Crippen LogP contribution is -2.11. The molecule has 6 heteroatoms. The van der Waals surface area contributed by atoms with Crippen molar-refractivity contribution in [1.82, 2.24) is 10.1 Å². The van der Waals surface area contributed by atoms with Crippen molar-refractivity contribution in [2.75, 3.05) is 12.3 Å². The molecule has 1 heterocycles. The number of aliphatic hydroxyl groups is 1.